The van der Waals surface area contributed by atoms with E-state index in [0.717, 1.165) is 12.2 Å². The number of nitrogens with zero attached hydrogens (tertiary/aromatic N) is 2. The summed E-state index contributed by atoms with van der Waals surface area (Å²) in [5, 5.41) is 7.83. The molecule has 0 saturated carbocycles. The Morgan fingerprint density at radius 2 is 2.38 bits per heavy atom. The van der Waals surface area contributed by atoms with Crippen molar-refractivity contribution in [1.29, 1.82) is 0 Å². The van der Waals surface area contributed by atoms with Gasteiger partial charge in [-0.2, -0.15) is 16.9 Å². The first-order valence-electron chi connectivity index (χ1n) is 5.74. The van der Waals surface area contributed by atoms with Crippen LogP contribution in [0.4, 0.5) is 5.69 Å². The molecule has 1 aromatic rings. The molecule has 1 saturated heterocycles. The number of aromatic nitrogens is 2. The molecule has 0 amide bonds. The van der Waals surface area contributed by atoms with Crippen molar-refractivity contribution >= 4 is 17.4 Å². The fourth-order valence-electron chi connectivity index (χ4n) is 1.82. The molecule has 0 aliphatic carbocycles. The lowest BCUT2D eigenvalue weighted by Gasteiger charge is -2.22. The van der Waals surface area contributed by atoms with Crippen LogP contribution in [0.5, 0.6) is 0 Å². The van der Waals surface area contributed by atoms with Crippen molar-refractivity contribution in [2.75, 3.05) is 30.5 Å². The summed E-state index contributed by atoms with van der Waals surface area (Å²) in [5.41, 5.74) is 1.13. The van der Waals surface area contributed by atoms with Gasteiger partial charge in [-0.1, -0.05) is 0 Å². The minimum Gasteiger partial charge on any atom is -0.383 e. The predicted octanol–water partition coefficient (Wildman–Crippen LogP) is 1.84. The number of nitrogens with one attached hydrogen (secondary N) is 1. The van der Waals surface area contributed by atoms with Gasteiger partial charge in [-0.15, -0.1) is 0 Å². The summed E-state index contributed by atoms with van der Waals surface area (Å²) in [6.45, 7) is 1.53. The summed E-state index contributed by atoms with van der Waals surface area (Å²) >= 11 is 2.05. The van der Waals surface area contributed by atoms with Gasteiger partial charge in [0.05, 0.1) is 25.0 Å². The normalized spacial score (nSPS) is 17.6. The summed E-state index contributed by atoms with van der Waals surface area (Å²) in [6.07, 6.45) is 6.47. The van der Waals surface area contributed by atoms with Gasteiger partial charge in [0.1, 0.15) is 0 Å². The quantitative estimate of drug-likeness (QED) is 0.854. The maximum atomic E-state index is 5.02. The Morgan fingerprint density at radius 3 is 3.12 bits per heavy atom. The zero-order chi connectivity index (χ0) is 11.2. The average Bonchev–Trinajstić information content (AvgIpc) is 2.75. The fraction of sp³-hybridized carbons (Fsp3) is 0.727. The molecule has 0 atom stereocenters. The van der Waals surface area contributed by atoms with E-state index in [1.807, 2.05) is 22.6 Å². The maximum absolute atomic E-state index is 5.02. The van der Waals surface area contributed by atoms with Crippen molar-refractivity contribution in [2.45, 2.75) is 25.4 Å². The van der Waals surface area contributed by atoms with Crippen molar-refractivity contribution in [3.63, 3.8) is 0 Å². The Hall–Kier alpha value is -0.680. The van der Waals surface area contributed by atoms with E-state index in [1.54, 1.807) is 7.11 Å². The van der Waals surface area contributed by atoms with E-state index in [1.165, 1.54) is 24.3 Å². The van der Waals surface area contributed by atoms with Crippen LogP contribution in [0.3, 0.4) is 0 Å². The van der Waals surface area contributed by atoms with E-state index in [-0.39, 0.29) is 0 Å². The molecule has 2 heterocycles. The third kappa shape index (κ3) is 3.42. The van der Waals surface area contributed by atoms with Crippen LogP contribution in [-0.2, 0) is 11.3 Å². The molecule has 0 radical (unpaired) electrons. The number of anilines is 1. The molecule has 90 valence electrons. The van der Waals surface area contributed by atoms with E-state index in [4.69, 9.17) is 4.74 Å². The average molecular weight is 241 g/mol. The van der Waals surface area contributed by atoms with Crippen LogP contribution in [0.15, 0.2) is 12.4 Å². The molecule has 0 unspecified atom stereocenters. The van der Waals surface area contributed by atoms with Crippen LogP contribution in [0, 0.1) is 0 Å². The van der Waals surface area contributed by atoms with Gasteiger partial charge in [0.25, 0.3) is 0 Å². The number of hydrogen-bond donors (Lipinski definition) is 1. The van der Waals surface area contributed by atoms with Gasteiger partial charge in [-0.05, 0) is 24.3 Å². The molecule has 16 heavy (non-hydrogen) atoms. The van der Waals surface area contributed by atoms with E-state index < -0.39 is 0 Å². The van der Waals surface area contributed by atoms with Crippen LogP contribution in [0.1, 0.15) is 12.8 Å². The van der Waals surface area contributed by atoms with E-state index >= 15 is 0 Å². The number of hydrogen-bond acceptors (Lipinski definition) is 4. The second-order valence-corrected chi connectivity index (χ2v) is 5.24. The zero-order valence-corrected chi connectivity index (χ0v) is 10.5. The molecule has 1 aliphatic heterocycles. The van der Waals surface area contributed by atoms with E-state index in [2.05, 4.69) is 16.6 Å². The number of rotatable bonds is 5. The summed E-state index contributed by atoms with van der Waals surface area (Å²) in [7, 11) is 1.71. The van der Waals surface area contributed by atoms with Crippen LogP contribution in [0.2, 0.25) is 0 Å². The molecule has 5 heteroatoms. The van der Waals surface area contributed by atoms with Crippen molar-refractivity contribution < 1.29 is 4.74 Å². The van der Waals surface area contributed by atoms with Crippen molar-refractivity contribution in [3.8, 4) is 0 Å². The Kier molecular flexibility index (Phi) is 4.54. The highest BCUT2D eigenvalue weighted by Crippen LogP contribution is 2.20. The fourth-order valence-corrected chi connectivity index (χ4v) is 2.93. The van der Waals surface area contributed by atoms with E-state index in [0.29, 0.717) is 12.6 Å². The third-order valence-electron chi connectivity index (χ3n) is 2.75. The second-order valence-electron chi connectivity index (χ2n) is 4.02. The second kappa shape index (κ2) is 6.15. The van der Waals surface area contributed by atoms with Crippen molar-refractivity contribution in [1.82, 2.24) is 9.78 Å². The molecule has 1 aromatic heterocycles. The highest BCUT2D eigenvalue weighted by molar-refractivity contribution is 7.99. The summed E-state index contributed by atoms with van der Waals surface area (Å²) in [5.74, 6) is 2.55. The number of thioether (sulfide) groups is 1. The SMILES string of the molecule is COCCn1cc(NC2CCSCC2)cn1. The minimum atomic E-state index is 0.626. The first-order chi connectivity index (χ1) is 7.88. The Bertz CT molecular complexity index is 310. The summed E-state index contributed by atoms with van der Waals surface area (Å²) in [4.78, 5) is 0. The van der Waals surface area contributed by atoms with Gasteiger partial charge in [0, 0.05) is 19.3 Å². The lowest BCUT2D eigenvalue weighted by molar-refractivity contribution is 0.183. The molecule has 1 fully saturated rings. The molecule has 0 aromatic carbocycles. The van der Waals surface area contributed by atoms with Gasteiger partial charge < -0.3 is 10.1 Å². The maximum Gasteiger partial charge on any atom is 0.0728 e. The van der Waals surface area contributed by atoms with Crippen LogP contribution in [0.25, 0.3) is 0 Å². The number of ether oxygens (including phenoxy) is 1. The predicted molar refractivity (Wildman–Crippen MR) is 68.1 cm³/mol. The Labute approximate surface area is 101 Å². The van der Waals surface area contributed by atoms with Crippen LogP contribution < -0.4 is 5.32 Å². The highest BCUT2D eigenvalue weighted by atomic mass is 32.2. The van der Waals surface area contributed by atoms with E-state index in [9.17, 15) is 0 Å². The number of methoxy groups -OCH3 is 1. The highest BCUT2D eigenvalue weighted by Gasteiger charge is 2.13. The molecule has 0 spiro atoms. The molecule has 0 bridgehead atoms. The van der Waals surface area contributed by atoms with Crippen LogP contribution >= 0.6 is 11.8 Å². The van der Waals surface area contributed by atoms with Gasteiger partial charge in [-0.3, -0.25) is 4.68 Å². The van der Waals surface area contributed by atoms with Gasteiger partial charge in [0.2, 0.25) is 0 Å². The molecule has 1 aliphatic rings. The Morgan fingerprint density at radius 1 is 1.56 bits per heavy atom. The van der Waals surface area contributed by atoms with Crippen molar-refractivity contribution in [2.24, 2.45) is 0 Å². The van der Waals surface area contributed by atoms with Crippen molar-refractivity contribution in [3.05, 3.63) is 12.4 Å². The molecule has 4 nitrogen and oxygen atoms in total. The van der Waals surface area contributed by atoms with Gasteiger partial charge >= 0.3 is 0 Å². The first kappa shape index (κ1) is 11.8. The monoisotopic (exact) mass is 241 g/mol. The topological polar surface area (TPSA) is 39.1 Å². The largest absolute Gasteiger partial charge is 0.383 e. The standard InChI is InChI=1S/C11H19N3OS/c1-15-5-4-14-9-11(8-12-14)13-10-2-6-16-7-3-10/h8-10,13H,2-7H2,1H3. The van der Waals surface area contributed by atoms with Crippen LogP contribution in [-0.4, -0.2) is 41.0 Å². The first-order valence-corrected chi connectivity index (χ1v) is 6.89. The molecule has 1 N–H and O–H groups in total. The lowest BCUT2D eigenvalue weighted by atomic mass is 10.1. The van der Waals surface area contributed by atoms with Gasteiger partial charge in [-0.25, -0.2) is 0 Å². The third-order valence-corrected chi connectivity index (χ3v) is 3.80. The molecular weight excluding hydrogens is 222 g/mol. The summed E-state index contributed by atoms with van der Waals surface area (Å²) < 4.78 is 6.94. The molecule has 2 rings (SSSR count). The Balaban J connectivity index is 1.81. The molecular formula is C11H19N3OS. The minimum absolute atomic E-state index is 0.626. The lowest BCUT2D eigenvalue weighted by Crippen LogP contribution is -2.24. The zero-order valence-electron chi connectivity index (χ0n) is 9.69. The summed E-state index contributed by atoms with van der Waals surface area (Å²) in [6, 6.07) is 0.626. The smallest absolute Gasteiger partial charge is 0.0728 e. The van der Waals surface area contributed by atoms with Gasteiger partial charge in [0.15, 0.2) is 0 Å².